The van der Waals surface area contributed by atoms with Crippen molar-refractivity contribution < 1.29 is 19.7 Å². The summed E-state index contributed by atoms with van der Waals surface area (Å²) < 4.78 is 4.87. The van der Waals surface area contributed by atoms with Crippen LogP contribution in [-0.2, 0) is 9.53 Å². The highest BCUT2D eigenvalue weighted by Gasteiger charge is 2.64. The lowest BCUT2D eigenvalue weighted by molar-refractivity contribution is -0.160. The molecule has 0 heterocycles. The fourth-order valence-corrected chi connectivity index (χ4v) is 7.35. The van der Waals surface area contributed by atoms with Gasteiger partial charge in [0.25, 0.3) is 0 Å². The van der Waals surface area contributed by atoms with Crippen molar-refractivity contribution in [3.63, 3.8) is 0 Å². The van der Waals surface area contributed by atoms with Gasteiger partial charge in [-0.2, -0.15) is 0 Å². The number of hydrogen-bond donors (Lipinski definition) is 2. The lowest BCUT2D eigenvalue weighted by Crippen LogP contribution is -2.55. The minimum Gasteiger partial charge on any atom is -0.469 e. The zero-order valence-corrected chi connectivity index (χ0v) is 16.5. The summed E-state index contributed by atoms with van der Waals surface area (Å²) in [5.41, 5.74) is 0.567. The predicted octanol–water partition coefficient (Wildman–Crippen LogP) is 3.60. The van der Waals surface area contributed by atoms with Gasteiger partial charge in [0.05, 0.1) is 25.2 Å². The molecular weight excluding hydrogens is 328 g/mol. The van der Waals surface area contributed by atoms with Crippen LogP contribution in [0.15, 0.2) is 11.6 Å². The van der Waals surface area contributed by atoms with Crippen LogP contribution in [0.4, 0.5) is 0 Å². The van der Waals surface area contributed by atoms with E-state index in [0.717, 1.165) is 44.9 Å². The highest BCUT2D eigenvalue weighted by molar-refractivity contribution is 5.70. The van der Waals surface area contributed by atoms with Crippen molar-refractivity contribution >= 4 is 5.97 Å². The molecule has 0 aliphatic heterocycles. The SMILES string of the molecule is COC(=O)C[C@@]1(O)CC[C@H]2[C@@H]3CC=C4C[C@H](O)CC[C@]4(C)[C@H]3CC[C@@]21C. The van der Waals surface area contributed by atoms with Crippen LogP contribution in [0.2, 0.25) is 0 Å². The Morgan fingerprint density at radius 2 is 1.92 bits per heavy atom. The van der Waals surface area contributed by atoms with E-state index in [4.69, 9.17) is 4.74 Å². The summed E-state index contributed by atoms with van der Waals surface area (Å²) in [5.74, 6) is 1.41. The molecule has 4 aliphatic carbocycles. The Balaban J connectivity index is 1.63. The summed E-state index contributed by atoms with van der Waals surface area (Å²) in [6, 6.07) is 0. The summed E-state index contributed by atoms with van der Waals surface area (Å²) in [5, 5.41) is 21.5. The summed E-state index contributed by atoms with van der Waals surface area (Å²) in [4.78, 5) is 11.9. The molecule has 0 unspecified atom stereocenters. The van der Waals surface area contributed by atoms with E-state index in [1.165, 1.54) is 12.7 Å². The summed E-state index contributed by atoms with van der Waals surface area (Å²) >= 11 is 0. The molecule has 3 fully saturated rings. The molecule has 0 bridgehead atoms. The van der Waals surface area contributed by atoms with Gasteiger partial charge in [-0.15, -0.1) is 0 Å². The van der Waals surface area contributed by atoms with Crippen molar-refractivity contribution in [2.45, 2.75) is 83.3 Å². The fraction of sp³-hybridized carbons (Fsp3) is 0.864. The maximum Gasteiger partial charge on any atom is 0.308 e. The van der Waals surface area contributed by atoms with E-state index in [-0.39, 0.29) is 29.3 Å². The first-order valence-electron chi connectivity index (χ1n) is 10.4. The second kappa shape index (κ2) is 6.07. The average molecular weight is 363 g/mol. The van der Waals surface area contributed by atoms with Crippen molar-refractivity contribution in [1.29, 1.82) is 0 Å². The number of methoxy groups -OCH3 is 1. The van der Waals surface area contributed by atoms with Crippen molar-refractivity contribution in [2.75, 3.05) is 7.11 Å². The molecular formula is C22H34O4. The maximum atomic E-state index is 11.9. The molecule has 4 heteroatoms. The molecule has 0 amide bonds. The summed E-state index contributed by atoms with van der Waals surface area (Å²) in [7, 11) is 1.41. The molecule has 146 valence electrons. The topological polar surface area (TPSA) is 66.8 Å². The third-order valence-corrected chi connectivity index (χ3v) is 9.06. The molecule has 0 aromatic rings. The second-order valence-corrected chi connectivity index (χ2v) is 9.94. The first kappa shape index (κ1) is 18.5. The van der Waals surface area contributed by atoms with Gasteiger partial charge in [-0.1, -0.05) is 25.5 Å². The highest BCUT2D eigenvalue weighted by Crippen LogP contribution is 2.67. The van der Waals surface area contributed by atoms with Gasteiger partial charge in [-0.05, 0) is 80.0 Å². The lowest BCUT2D eigenvalue weighted by Gasteiger charge is -2.59. The monoisotopic (exact) mass is 362 g/mol. The lowest BCUT2D eigenvalue weighted by atomic mass is 9.47. The van der Waals surface area contributed by atoms with Crippen LogP contribution < -0.4 is 0 Å². The van der Waals surface area contributed by atoms with Crippen LogP contribution in [-0.4, -0.2) is 35.0 Å². The fourth-order valence-electron chi connectivity index (χ4n) is 7.35. The van der Waals surface area contributed by atoms with Crippen LogP contribution in [0.3, 0.4) is 0 Å². The molecule has 0 radical (unpaired) electrons. The summed E-state index contributed by atoms with van der Waals surface area (Å²) in [6.45, 7) is 4.63. The van der Waals surface area contributed by atoms with Crippen LogP contribution in [0.25, 0.3) is 0 Å². The Morgan fingerprint density at radius 3 is 2.65 bits per heavy atom. The number of fused-ring (bicyclic) bond motifs is 5. The second-order valence-electron chi connectivity index (χ2n) is 9.94. The molecule has 0 aromatic heterocycles. The highest BCUT2D eigenvalue weighted by atomic mass is 16.5. The van der Waals surface area contributed by atoms with E-state index < -0.39 is 5.60 Å². The Kier molecular flexibility index (Phi) is 4.31. The van der Waals surface area contributed by atoms with E-state index in [2.05, 4.69) is 19.9 Å². The Hall–Kier alpha value is -0.870. The molecule has 3 saturated carbocycles. The minimum absolute atomic E-state index is 0.123. The molecule has 7 atom stereocenters. The third-order valence-electron chi connectivity index (χ3n) is 9.06. The number of aliphatic hydroxyl groups is 2. The number of aliphatic hydroxyl groups excluding tert-OH is 1. The number of allylic oxidation sites excluding steroid dienone is 1. The minimum atomic E-state index is -0.927. The van der Waals surface area contributed by atoms with Crippen molar-refractivity contribution in [3.8, 4) is 0 Å². The van der Waals surface area contributed by atoms with Gasteiger partial charge in [0.1, 0.15) is 0 Å². The van der Waals surface area contributed by atoms with Crippen LogP contribution >= 0.6 is 0 Å². The smallest absolute Gasteiger partial charge is 0.308 e. The first-order valence-corrected chi connectivity index (χ1v) is 10.4. The van der Waals surface area contributed by atoms with Crippen LogP contribution in [0.5, 0.6) is 0 Å². The molecule has 4 rings (SSSR count). The van der Waals surface area contributed by atoms with E-state index >= 15 is 0 Å². The number of esters is 1. The zero-order valence-electron chi connectivity index (χ0n) is 16.5. The van der Waals surface area contributed by atoms with E-state index in [1.807, 2.05) is 0 Å². The maximum absolute atomic E-state index is 11.9. The molecule has 0 aromatic carbocycles. The molecule has 4 nitrogen and oxygen atoms in total. The van der Waals surface area contributed by atoms with Gasteiger partial charge in [-0.25, -0.2) is 0 Å². The van der Waals surface area contributed by atoms with Gasteiger partial charge in [0, 0.05) is 0 Å². The Bertz CT molecular complexity index is 628. The van der Waals surface area contributed by atoms with E-state index in [0.29, 0.717) is 24.2 Å². The zero-order chi connectivity index (χ0) is 18.7. The number of rotatable bonds is 2. The van der Waals surface area contributed by atoms with E-state index in [1.54, 1.807) is 0 Å². The van der Waals surface area contributed by atoms with Crippen molar-refractivity contribution in [3.05, 3.63) is 11.6 Å². The Morgan fingerprint density at radius 1 is 1.19 bits per heavy atom. The molecule has 4 aliphatic rings. The third kappa shape index (κ3) is 2.44. The number of ether oxygens (including phenoxy) is 1. The average Bonchev–Trinajstić information content (AvgIpc) is 2.86. The number of carbonyl (C=O) groups is 1. The number of carbonyl (C=O) groups excluding carboxylic acids is 1. The predicted molar refractivity (Wildman–Crippen MR) is 99.3 cm³/mol. The van der Waals surface area contributed by atoms with Gasteiger partial charge >= 0.3 is 5.97 Å². The standard InChI is InChI=1S/C22H34O4/c1-20-9-6-15(23)12-14(20)4-5-16-17(20)7-10-21(2)18(16)8-11-22(21,25)13-19(24)26-3/h4,15-18,23,25H,5-13H2,1-3H3/t15-,16-,17+,18+,20+,21+,22+/m1/s1. The quantitative estimate of drug-likeness (QED) is 0.582. The first-order chi connectivity index (χ1) is 12.2. The van der Waals surface area contributed by atoms with Gasteiger partial charge in [0.15, 0.2) is 0 Å². The van der Waals surface area contributed by atoms with Gasteiger partial charge < -0.3 is 14.9 Å². The molecule has 0 spiro atoms. The largest absolute Gasteiger partial charge is 0.469 e. The summed E-state index contributed by atoms with van der Waals surface area (Å²) in [6.07, 6.45) is 10.1. The normalized spacial score (nSPS) is 50.3. The molecule has 26 heavy (non-hydrogen) atoms. The Labute approximate surface area is 157 Å². The van der Waals surface area contributed by atoms with Gasteiger partial charge in [0.2, 0.25) is 0 Å². The van der Waals surface area contributed by atoms with Gasteiger partial charge in [-0.3, -0.25) is 4.79 Å². The van der Waals surface area contributed by atoms with Crippen LogP contribution in [0, 0.1) is 28.6 Å². The van der Waals surface area contributed by atoms with E-state index in [9.17, 15) is 15.0 Å². The van der Waals surface area contributed by atoms with Crippen molar-refractivity contribution in [1.82, 2.24) is 0 Å². The molecule has 0 saturated heterocycles. The van der Waals surface area contributed by atoms with Crippen LogP contribution in [0.1, 0.15) is 71.6 Å². The van der Waals surface area contributed by atoms with Crippen molar-refractivity contribution in [2.24, 2.45) is 28.6 Å². The number of hydrogen-bond acceptors (Lipinski definition) is 4. The molecule has 2 N–H and O–H groups in total.